The fourth-order valence-electron chi connectivity index (χ4n) is 2.92. The summed E-state index contributed by atoms with van der Waals surface area (Å²) in [5.41, 5.74) is 8.44. The normalized spacial score (nSPS) is 19.3. The van der Waals surface area contributed by atoms with Crippen molar-refractivity contribution in [2.45, 2.75) is 24.8 Å². The number of hydrogen-bond donors (Lipinski definition) is 3. The molecule has 0 spiro atoms. The van der Waals surface area contributed by atoms with Gasteiger partial charge in [-0.2, -0.15) is 0 Å². The van der Waals surface area contributed by atoms with Gasteiger partial charge in [-0.1, -0.05) is 0 Å². The van der Waals surface area contributed by atoms with E-state index in [-0.39, 0.29) is 18.1 Å². The second-order valence-electron chi connectivity index (χ2n) is 6.10. The minimum atomic E-state index is -0.137. The minimum absolute atomic E-state index is 0.0446. The Morgan fingerprint density at radius 3 is 2.81 bits per heavy atom. The molecule has 2 aliphatic rings. The molecule has 1 aliphatic heterocycles. The number of fused-ring (bicyclic) bond motifs is 1. The van der Waals surface area contributed by atoms with Crippen LogP contribution < -0.4 is 21.1 Å². The van der Waals surface area contributed by atoms with Crippen molar-refractivity contribution in [3.63, 3.8) is 0 Å². The predicted octanol–water partition coefficient (Wildman–Crippen LogP) is 1.50. The minimum Gasteiger partial charge on any atom is -0.482 e. The third-order valence-corrected chi connectivity index (χ3v) is 4.63. The summed E-state index contributed by atoms with van der Waals surface area (Å²) in [5, 5.41) is 6.23. The van der Waals surface area contributed by atoms with Gasteiger partial charge in [0.15, 0.2) is 6.61 Å². The van der Waals surface area contributed by atoms with Gasteiger partial charge in [0, 0.05) is 18.2 Å². The average molecular weight is 290 g/mol. The Labute approximate surface area is 124 Å². The zero-order valence-electron chi connectivity index (χ0n) is 12.5. The molecule has 4 N–H and O–H groups in total. The molecule has 1 heterocycles. The number of nitrogens with zero attached hydrogens (tertiary/aromatic N) is 1. The van der Waals surface area contributed by atoms with Gasteiger partial charge in [-0.05, 0) is 39.4 Å². The monoisotopic (exact) mass is 290 g/mol. The fourth-order valence-corrected chi connectivity index (χ4v) is 2.92. The smallest absolute Gasteiger partial charge is 0.262 e. The van der Waals surface area contributed by atoms with Crippen LogP contribution in [0.5, 0.6) is 5.75 Å². The number of ether oxygens (including phenoxy) is 1. The number of benzene rings is 1. The summed E-state index contributed by atoms with van der Waals surface area (Å²) in [6.45, 7) is 0.890. The first-order valence-electron chi connectivity index (χ1n) is 7.28. The highest BCUT2D eigenvalue weighted by molar-refractivity contribution is 5.97. The molecule has 1 aromatic rings. The second-order valence-corrected chi connectivity index (χ2v) is 6.10. The van der Waals surface area contributed by atoms with Crippen LogP contribution >= 0.6 is 0 Å². The maximum atomic E-state index is 11.4. The lowest BCUT2D eigenvalue weighted by Gasteiger charge is -2.47. The van der Waals surface area contributed by atoms with E-state index in [9.17, 15) is 4.79 Å². The van der Waals surface area contributed by atoms with Crippen LogP contribution in [-0.2, 0) is 4.79 Å². The van der Waals surface area contributed by atoms with E-state index in [0.717, 1.165) is 12.2 Å². The topological polar surface area (TPSA) is 79.6 Å². The van der Waals surface area contributed by atoms with Crippen molar-refractivity contribution in [1.29, 1.82) is 0 Å². The standard InChI is InChI=1S/C15H22N4O2/c1-19(2)15(4-3-5-15)9-17-11-7-12-13(6-10(11)16)21-8-14(20)18-12/h6-7,17H,3-5,8-9,16H2,1-2H3,(H,18,20). The summed E-state index contributed by atoms with van der Waals surface area (Å²) in [7, 11) is 4.23. The summed E-state index contributed by atoms with van der Waals surface area (Å²) in [4.78, 5) is 13.7. The second kappa shape index (κ2) is 5.11. The number of carbonyl (C=O) groups is 1. The first-order valence-corrected chi connectivity index (χ1v) is 7.28. The van der Waals surface area contributed by atoms with E-state index < -0.39 is 0 Å². The van der Waals surface area contributed by atoms with Crippen LogP contribution in [0.1, 0.15) is 19.3 Å². The maximum absolute atomic E-state index is 11.4. The molecule has 3 rings (SSSR count). The molecule has 1 amide bonds. The number of likely N-dealkylation sites (N-methyl/N-ethyl adjacent to an activating group) is 1. The molecule has 0 saturated heterocycles. The Morgan fingerprint density at radius 2 is 2.19 bits per heavy atom. The van der Waals surface area contributed by atoms with Crippen LogP contribution in [0.25, 0.3) is 0 Å². The molecular weight excluding hydrogens is 268 g/mol. The van der Waals surface area contributed by atoms with E-state index in [0.29, 0.717) is 17.1 Å². The van der Waals surface area contributed by atoms with Gasteiger partial charge >= 0.3 is 0 Å². The van der Waals surface area contributed by atoms with Crippen molar-refractivity contribution in [2.24, 2.45) is 0 Å². The SMILES string of the molecule is CN(C)C1(CNc2cc3c(cc2N)OCC(=O)N3)CCC1. The molecule has 6 heteroatoms. The molecule has 0 radical (unpaired) electrons. The Hall–Kier alpha value is -1.95. The van der Waals surface area contributed by atoms with Crippen LogP contribution in [0.15, 0.2) is 12.1 Å². The lowest BCUT2D eigenvalue weighted by atomic mass is 9.75. The molecule has 21 heavy (non-hydrogen) atoms. The van der Waals surface area contributed by atoms with Crippen molar-refractivity contribution in [1.82, 2.24) is 4.90 Å². The van der Waals surface area contributed by atoms with Crippen LogP contribution in [0, 0.1) is 0 Å². The van der Waals surface area contributed by atoms with E-state index in [1.165, 1.54) is 19.3 Å². The lowest BCUT2D eigenvalue weighted by molar-refractivity contribution is -0.118. The predicted molar refractivity (Wildman–Crippen MR) is 83.7 cm³/mol. The molecular formula is C15H22N4O2. The highest BCUT2D eigenvalue weighted by atomic mass is 16.5. The van der Waals surface area contributed by atoms with E-state index in [4.69, 9.17) is 10.5 Å². The molecule has 0 aromatic heterocycles. The van der Waals surface area contributed by atoms with Crippen molar-refractivity contribution < 1.29 is 9.53 Å². The number of anilines is 3. The van der Waals surface area contributed by atoms with Gasteiger partial charge in [0.25, 0.3) is 5.91 Å². The van der Waals surface area contributed by atoms with E-state index in [2.05, 4.69) is 29.6 Å². The van der Waals surface area contributed by atoms with Crippen molar-refractivity contribution in [3.05, 3.63) is 12.1 Å². The molecule has 0 bridgehead atoms. The van der Waals surface area contributed by atoms with E-state index >= 15 is 0 Å². The van der Waals surface area contributed by atoms with Crippen LogP contribution in [0.2, 0.25) is 0 Å². The first kappa shape index (κ1) is 14.0. The van der Waals surface area contributed by atoms with Gasteiger partial charge in [0.05, 0.1) is 17.1 Å². The van der Waals surface area contributed by atoms with Crippen molar-refractivity contribution in [3.8, 4) is 5.75 Å². The molecule has 0 unspecified atom stereocenters. The summed E-state index contributed by atoms with van der Waals surface area (Å²) >= 11 is 0. The molecule has 1 aromatic carbocycles. The highest BCUT2D eigenvalue weighted by Crippen LogP contribution is 2.38. The molecule has 6 nitrogen and oxygen atoms in total. The molecule has 1 saturated carbocycles. The van der Waals surface area contributed by atoms with Gasteiger partial charge in [-0.15, -0.1) is 0 Å². The van der Waals surface area contributed by atoms with Crippen molar-refractivity contribution in [2.75, 3.05) is 43.6 Å². The largest absolute Gasteiger partial charge is 0.482 e. The van der Waals surface area contributed by atoms with Crippen molar-refractivity contribution >= 4 is 23.0 Å². The Bertz CT molecular complexity index is 567. The molecule has 1 aliphatic carbocycles. The lowest BCUT2D eigenvalue weighted by Crippen LogP contribution is -2.54. The van der Waals surface area contributed by atoms with Gasteiger partial charge in [0.1, 0.15) is 5.75 Å². The number of nitrogens with one attached hydrogen (secondary N) is 2. The number of amides is 1. The third-order valence-electron chi connectivity index (χ3n) is 4.63. The van der Waals surface area contributed by atoms with Gasteiger partial charge in [0.2, 0.25) is 0 Å². The zero-order valence-corrected chi connectivity index (χ0v) is 12.5. The first-order chi connectivity index (χ1) is 10.00. The number of nitrogen functional groups attached to an aromatic ring is 1. The summed E-state index contributed by atoms with van der Waals surface area (Å²) in [5.74, 6) is 0.491. The number of nitrogens with two attached hydrogens (primary N) is 1. The fraction of sp³-hybridized carbons (Fsp3) is 0.533. The summed E-state index contributed by atoms with van der Waals surface area (Å²) in [6, 6.07) is 3.62. The number of hydrogen-bond acceptors (Lipinski definition) is 5. The van der Waals surface area contributed by atoms with E-state index in [1.54, 1.807) is 6.07 Å². The summed E-state index contributed by atoms with van der Waals surface area (Å²) < 4.78 is 5.36. The average Bonchev–Trinajstić information content (AvgIpc) is 2.38. The zero-order chi connectivity index (χ0) is 15.0. The Morgan fingerprint density at radius 1 is 1.43 bits per heavy atom. The molecule has 0 atom stereocenters. The Kier molecular flexibility index (Phi) is 3.41. The van der Waals surface area contributed by atoms with Crippen LogP contribution in [0.3, 0.4) is 0 Å². The van der Waals surface area contributed by atoms with Crippen LogP contribution in [0.4, 0.5) is 17.1 Å². The quantitative estimate of drug-likeness (QED) is 0.732. The van der Waals surface area contributed by atoms with Gasteiger partial charge < -0.3 is 26.0 Å². The Balaban J connectivity index is 1.76. The molecule has 1 fully saturated rings. The molecule has 114 valence electrons. The number of rotatable bonds is 4. The highest BCUT2D eigenvalue weighted by Gasteiger charge is 2.38. The maximum Gasteiger partial charge on any atom is 0.262 e. The summed E-state index contributed by atoms with van der Waals surface area (Å²) in [6.07, 6.45) is 3.65. The van der Waals surface area contributed by atoms with Gasteiger partial charge in [-0.3, -0.25) is 4.79 Å². The van der Waals surface area contributed by atoms with Gasteiger partial charge in [-0.25, -0.2) is 0 Å². The van der Waals surface area contributed by atoms with E-state index in [1.807, 2.05) is 6.07 Å². The number of carbonyl (C=O) groups excluding carboxylic acids is 1. The van der Waals surface area contributed by atoms with Crippen LogP contribution in [-0.4, -0.2) is 43.6 Å². The third kappa shape index (κ3) is 2.51.